The molecular formula is C26H25NO9. The Morgan fingerprint density at radius 1 is 0.889 bits per heavy atom. The van der Waals surface area contributed by atoms with Gasteiger partial charge in [0.2, 0.25) is 5.78 Å². The van der Waals surface area contributed by atoms with Gasteiger partial charge in [0.15, 0.2) is 13.2 Å². The summed E-state index contributed by atoms with van der Waals surface area (Å²) < 4.78 is 15.3. The van der Waals surface area contributed by atoms with Crippen LogP contribution in [0.5, 0.6) is 5.75 Å². The molecule has 3 aromatic rings. The number of ether oxygens (including phenoxy) is 3. The lowest BCUT2D eigenvalue weighted by Crippen LogP contribution is -2.23. The SMILES string of the molecule is COc1ccc2cc([C@H](C)C(=O)OCC(=O)COC(=O)Cc3ccc(CO[N+](=O)[O-])cc3)ccc2c1. The van der Waals surface area contributed by atoms with Crippen LogP contribution in [0.4, 0.5) is 0 Å². The van der Waals surface area contributed by atoms with E-state index in [4.69, 9.17) is 14.2 Å². The molecule has 0 N–H and O–H groups in total. The summed E-state index contributed by atoms with van der Waals surface area (Å²) in [5, 5.41) is 11.2. The molecule has 0 radical (unpaired) electrons. The largest absolute Gasteiger partial charge is 0.497 e. The van der Waals surface area contributed by atoms with Crippen LogP contribution in [0.25, 0.3) is 10.8 Å². The Hall–Kier alpha value is -4.47. The molecule has 0 spiro atoms. The van der Waals surface area contributed by atoms with Gasteiger partial charge in [-0.25, -0.2) is 0 Å². The van der Waals surface area contributed by atoms with Gasteiger partial charge in [-0.1, -0.05) is 48.5 Å². The third-order valence-corrected chi connectivity index (χ3v) is 5.40. The van der Waals surface area contributed by atoms with Gasteiger partial charge in [0.25, 0.3) is 5.09 Å². The van der Waals surface area contributed by atoms with Crippen LogP contribution in [0.1, 0.15) is 29.5 Å². The predicted octanol–water partition coefficient (Wildman–Crippen LogP) is 3.56. The summed E-state index contributed by atoms with van der Waals surface area (Å²) in [4.78, 5) is 50.9. The van der Waals surface area contributed by atoms with Crippen molar-refractivity contribution >= 4 is 28.5 Å². The number of nitrogens with zero attached hydrogens (tertiary/aromatic N) is 1. The maximum absolute atomic E-state index is 12.4. The minimum atomic E-state index is -0.887. The average Bonchev–Trinajstić information content (AvgIpc) is 2.89. The van der Waals surface area contributed by atoms with Gasteiger partial charge in [-0.05, 0) is 46.5 Å². The summed E-state index contributed by atoms with van der Waals surface area (Å²) in [6, 6.07) is 17.6. The zero-order valence-corrected chi connectivity index (χ0v) is 19.8. The first-order valence-corrected chi connectivity index (χ1v) is 11.0. The molecule has 0 aliphatic rings. The molecular weight excluding hydrogens is 470 g/mol. The van der Waals surface area contributed by atoms with Crippen molar-refractivity contribution in [1.82, 2.24) is 0 Å². The summed E-state index contributed by atoms with van der Waals surface area (Å²) in [6.07, 6.45) is -0.0890. The summed E-state index contributed by atoms with van der Waals surface area (Å²) in [5.41, 5.74) is 1.91. The van der Waals surface area contributed by atoms with Gasteiger partial charge in [0.1, 0.15) is 12.4 Å². The van der Waals surface area contributed by atoms with E-state index in [2.05, 4.69) is 4.84 Å². The predicted molar refractivity (Wildman–Crippen MR) is 128 cm³/mol. The average molecular weight is 495 g/mol. The molecule has 10 heteroatoms. The molecule has 3 aromatic carbocycles. The van der Waals surface area contributed by atoms with Crippen LogP contribution in [0, 0.1) is 10.1 Å². The zero-order valence-electron chi connectivity index (χ0n) is 19.8. The summed E-state index contributed by atoms with van der Waals surface area (Å²) in [7, 11) is 1.59. The van der Waals surface area contributed by atoms with Crippen molar-refractivity contribution in [2.75, 3.05) is 20.3 Å². The zero-order chi connectivity index (χ0) is 26.1. The number of benzene rings is 3. The highest BCUT2D eigenvalue weighted by molar-refractivity contribution is 5.88. The standard InChI is InChI=1S/C26H25NO9/c1-17(20-7-8-22-13-24(33-2)10-9-21(22)12-20)26(30)35-16-23(28)15-34-25(29)11-18-3-5-19(6-4-18)14-36-27(31)32/h3-10,12-13,17H,11,14-16H2,1-2H3/t17-/m0/s1. The van der Waals surface area contributed by atoms with Crippen LogP contribution >= 0.6 is 0 Å². The molecule has 0 aromatic heterocycles. The second kappa shape index (κ2) is 12.3. The lowest BCUT2D eigenvalue weighted by molar-refractivity contribution is -0.763. The third kappa shape index (κ3) is 7.52. The topological polar surface area (TPSA) is 131 Å². The monoisotopic (exact) mass is 495 g/mol. The minimum Gasteiger partial charge on any atom is -0.497 e. The lowest BCUT2D eigenvalue weighted by Gasteiger charge is -2.13. The fourth-order valence-corrected chi connectivity index (χ4v) is 3.35. The third-order valence-electron chi connectivity index (χ3n) is 5.40. The molecule has 3 rings (SSSR count). The quantitative estimate of drug-likeness (QED) is 0.210. The molecule has 0 saturated heterocycles. The molecule has 0 saturated carbocycles. The summed E-state index contributed by atoms with van der Waals surface area (Å²) >= 11 is 0. The van der Waals surface area contributed by atoms with Crippen molar-refractivity contribution in [2.45, 2.75) is 25.9 Å². The highest BCUT2D eigenvalue weighted by Gasteiger charge is 2.19. The second-order valence-corrected chi connectivity index (χ2v) is 7.99. The molecule has 36 heavy (non-hydrogen) atoms. The Bertz CT molecular complexity index is 1250. The van der Waals surface area contributed by atoms with Gasteiger partial charge < -0.3 is 19.0 Å². The van der Waals surface area contributed by atoms with E-state index < -0.39 is 41.9 Å². The first kappa shape index (κ1) is 26.1. The molecule has 0 bridgehead atoms. The number of methoxy groups -OCH3 is 1. The summed E-state index contributed by atoms with van der Waals surface area (Å²) in [6.45, 7) is 0.464. The van der Waals surface area contributed by atoms with Crippen LogP contribution in [-0.4, -0.2) is 43.1 Å². The molecule has 10 nitrogen and oxygen atoms in total. The van der Waals surface area contributed by atoms with Gasteiger partial charge in [-0.3, -0.25) is 14.4 Å². The fraction of sp³-hybridized carbons (Fsp3) is 0.269. The second-order valence-electron chi connectivity index (χ2n) is 7.99. The van der Waals surface area contributed by atoms with E-state index >= 15 is 0 Å². The number of Topliss-reactive ketones (excluding diaryl/α,β-unsaturated/α-hetero) is 1. The van der Waals surface area contributed by atoms with E-state index in [1.807, 2.05) is 36.4 Å². The van der Waals surface area contributed by atoms with Crippen LogP contribution in [-0.2, 0) is 41.7 Å². The number of carbonyl (C=O) groups excluding carboxylic acids is 3. The minimum absolute atomic E-state index is 0.0890. The molecule has 188 valence electrons. The van der Waals surface area contributed by atoms with Gasteiger partial charge in [0.05, 0.1) is 19.4 Å². The van der Waals surface area contributed by atoms with E-state index in [0.717, 1.165) is 22.1 Å². The smallest absolute Gasteiger partial charge is 0.313 e. The molecule has 0 unspecified atom stereocenters. The van der Waals surface area contributed by atoms with E-state index in [1.54, 1.807) is 38.3 Å². The number of ketones is 1. The Balaban J connectivity index is 1.42. The van der Waals surface area contributed by atoms with Gasteiger partial charge in [-0.15, -0.1) is 10.1 Å². The van der Waals surface area contributed by atoms with Gasteiger partial charge >= 0.3 is 11.9 Å². The van der Waals surface area contributed by atoms with E-state index in [1.165, 1.54) is 0 Å². The molecule has 0 amide bonds. The summed E-state index contributed by atoms with van der Waals surface area (Å²) in [5.74, 6) is -1.61. The van der Waals surface area contributed by atoms with Gasteiger partial charge in [-0.2, -0.15) is 0 Å². The Morgan fingerprint density at radius 2 is 1.53 bits per heavy atom. The molecule has 0 fully saturated rings. The highest BCUT2D eigenvalue weighted by Crippen LogP contribution is 2.25. The molecule has 1 atom stereocenters. The number of rotatable bonds is 12. The normalized spacial score (nSPS) is 11.4. The first-order valence-electron chi connectivity index (χ1n) is 11.0. The number of esters is 2. The van der Waals surface area contributed by atoms with E-state index in [9.17, 15) is 24.5 Å². The Labute approximate surface area is 206 Å². The first-order chi connectivity index (χ1) is 17.2. The van der Waals surface area contributed by atoms with E-state index in [-0.39, 0.29) is 13.0 Å². The van der Waals surface area contributed by atoms with Crippen LogP contribution < -0.4 is 4.74 Å². The van der Waals surface area contributed by atoms with Crippen molar-refractivity contribution in [2.24, 2.45) is 0 Å². The van der Waals surface area contributed by atoms with Crippen LogP contribution in [0.2, 0.25) is 0 Å². The lowest BCUT2D eigenvalue weighted by atomic mass is 9.98. The van der Waals surface area contributed by atoms with Crippen molar-refractivity contribution in [3.63, 3.8) is 0 Å². The Kier molecular flexibility index (Phi) is 8.93. The maximum Gasteiger partial charge on any atom is 0.313 e. The van der Waals surface area contributed by atoms with Crippen LogP contribution in [0.3, 0.4) is 0 Å². The van der Waals surface area contributed by atoms with Crippen molar-refractivity contribution in [1.29, 1.82) is 0 Å². The highest BCUT2D eigenvalue weighted by atomic mass is 16.9. The van der Waals surface area contributed by atoms with Gasteiger partial charge in [0, 0.05) is 0 Å². The van der Waals surface area contributed by atoms with E-state index in [0.29, 0.717) is 11.1 Å². The number of carbonyl (C=O) groups is 3. The Morgan fingerprint density at radius 3 is 2.22 bits per heavy atom. The number of fused-ring (bicyclic) bond motifs is 1. The number of hydrogen-bond acceptors (Lipinski definition) is 9. The molecule has 0 aliphatic carbocycles. The fourth-order valence-electron chi connectivity index (χ4n) is 3.35. The van der Waals surface area contributed by atoms with Crippen molar-refractivity contribution < 1.29 is 38.5 Å². The van der Waals surface area contributed by atoms with Crippen LogP contribution in [0.15, 0.2) is 60.7 Å². The maximum atomic E-state index is 12.4. The van der Waals surface area contributed by atoms with Crippen molar-refractivity contribution in [3.05, 3.63) is 87.5 Å². The molecule has 0 aliphatic heterocycles. The number of hydrogen-bond donors (Lipinski definition) is 0. The molecule has 0 heterocycles. The van der Waals surface area contributed by atoms with Crippen molar-refractivity contribution in [3.8, 4) is 5.75 Å².